The molecule has 0 fully saturated rings. The van der Waals surface area contributed by atoms with Gasteiger partial charge in [0.1, 0.15) is 5.78 Å². The van der Waals surface area contributed by atoms with Gasteiger partial charge in [0, 0.05) is 11.7 Å². The molecule has 0 aliphatic heterocycles. The lowest BCUT2D eigenvalue weighted by Crippen LogP contribution is -2.39. The molecule has 1 amide bonds. The smallest absolute Gasteiger partial charge is 0.239 e. The third-order valence-electron chi connectivity index (χ3n) is 2.18. The zero-order valence-electron chi connectivity index (χ0n) is 10.9. The van der Waals surface area contributed by atoms with Gasteiger partial charge in [-0.1, -0.05) is 20.4 Å². The maximum atomic E-state index is 11.3. The van der Waals surface area contributed by atoms with E-state index in [0.717, 1.165) is 6.42 Å². The van der Waals surface area contributed by atoms with E-state index in [0.29, 0.717) is 11.6 Å². The highest BCUT2D eigenvalue weighted by Crippen LogP contribution is 2.06. The lowest BCUT2D eigenvalue weighted by molar-refractivity contribution is -0.123. The Morgan fingerprint density at radius 1 is 1.24 bits per heavy atom. The van der Waals surface area contributed by atoms with Crippen molar-refractivity contribution in [1.82, 2.24) is 10.6 Å². The quantitative estimate of drug-likeness (QED) is 0.565. The Labute approximate surface area is 103 Å². The predicted octanol–water partition coefficient (Wildman–Crippen LogP) is 0.168. The molecule has 98 valence electrons. The summed E-state index contributed by atoms with van der Waals surface area (Å²) in [7, 11) is 0. The normalized spacial score (nSPS) is 12.1. The van der Waals surface area contributed by atoms with Crippen molar-refractivity contribution in [3.63, 3.8) is 0 Å². The minimum Gasteiger partial charge on any atom is -0.379 e. The van der Waals surface area contributed by atoms with E-state index >= 15 is 0 Å². The molecule has 0 aliphatic carbocycles. The minimum absolute atomic E-state index is 0.0606. The van der Waals surface area contributed by atoms with E-state index in [1.807, 2.05) is 0 Å². The number of hydrogen-bond donors (Lipinski definition) is 3. The first kappa shape index (κ1) is 15.6. The highest BCUT2D eigenvalue weighted by atomic mass is 16.2. The Bertz CT molecular complexity index is 287. The summed E-state index contributed by atoms with van der Waals surface area (Å²) in [5.74, 6) is 0.168. The molecule has 0 saturated heterocycles. The number of nitrogens with two attached hydrogens (primary N) is 1. The Hall–Kier alpha value is -1.36. The summed E-state index contributed by atoms with van der Waals surface area (Å²) in [5, 5.41) is 5.35. The van der Waals surface area contributed by atoms with E-state index in [4.69, 9.17) is 5.73 Å². The van der Waals surface area contributed by atoms with Gasteiger partial charge in [-0.05, 0) is 19.3 Å². The molecule has 5 nitrogen and oxygen atoms in total. The van der Waals surface area contributed by atoms with E-state index in [1.54, 1.807) is 0 Å². The summed E-state index contributed by atoms with van der Waals surface area (Å²) in [6.45, 7) is 9.52. The van der Waals surface area contributed by atoms with Crippen LogP contribution in [0, 0.1) is 5.92 Å². The van der Waals surface area contributed by atoms with Crippen LogP contribution in [-0.4, -0.2) is 30.8 Å². The number of nitrogens with one attached hydrogen (secondary N) is 2. The largest absolute Gasteiger partial charge is 0.379 e. The minimum atomic E-state index is -0.238. The van der Waals surface area contributed by atoms with Gasteiger partial charge >= 0.3 is 0 Å². The van der Waals surface area contributed by atoms with Crippen molar-refractivity contribution in [3.05, 3.63) is 12.3 Å². The van der Waals surface area contributed by atoms with Gasteiger partial charge in [0.25, 0.3) is 0 Å². The van der Waals surface area contributed by atoms with Crippen LogP contribution in [0.4, 0.5) is 0 Å². The monoisotopic (exact) mass is 241 g/mol. The van der Waals surface area contributed by atoms with Gasteiger partial charge in [-0.25, -0.2) is 0 Å². The maximum Gasteiger partial charge on any atom is 0.239 e. The van der Waals surface area contributed by atoms with Gasteiger partial charge in [0.05, 0.1) is 13.1 Å². The summed E-state index contributed by atoms with van der Waals surface area (Å²) in [5.41, 5.74) is 6.53. The van der Waals surface area contributed by atoms with Crippen molar-refractivity contribution in [2.75, 3.05) is 13.1 Å². The Morgan fingerprint density at radius 2 is 1.82 bits per heavy atom. The molecule has 4 N–H and O–H groups in total. The van der Waals surface area contributed by atoms with Gasteiger partial charge in [-0.15, -0.1) is 0 Å². The summed E-state index contributed by atoms with van der Waals surface area (Å²) in [4.78, 5) is 21.9. The zero-order valence-corrected chi connectivity index (χ0v) is 10.9. The molecule has 0 aromatic carbocycles. The Balaban J connectivity index is 3.83. The van der Waals surface area contributed by atoms with Crippen LogP contribution >= 0.6 is 0 Å². The topological polar surface area (TPSA) is 84.2 Å². The summed E-state index contributed by atoms with van der Waals surface area (Å²) >= 11 is 0. The predicted molar refractivity (Wildman–Crippen MR) is 68.3 cm³/mol. The third kappa shape index (κ3) is 8.45. The second-order valence-corrected chi connectivity index (χ2v) is 4.59. The van der Waals surface area contributed by atoms with Crippen LogP contribution in [0.3, 0.4) is 0 Å². The van der Waals surface area contributed by atoms with Crippen LogP contribution in [0.25, 0.3) is 0 Å². The molecule has 0 heterocycles. The molecule has 0 aromatic heterocycles. The molecule has 0 saturated carbocycles. The fraction of sp³-hybridized carbons (Fsp3) is 0.667. The Morgan fingerprint density at radius 3 is 2.29 bits per heavy atom. The van der Waals surface area contributed by atoms with E-state index in [-0.39, 0.29) is 30.8 Å². The first-order chi connectivity index (χ1) is 7.82. The molecule has 17 heavy (non-hydrogen) atoms. The highest BCUT2D eigenvalue weighted by Gasteiger charge is 2.10. The van der Waals surface area contributed by atoms with Crippen molar-refractivity contribution in [3.8, 4) is 0 Å². The fourth-order valence-corrected chi connectivity index (χ4v) is 1.26. The van der Waals surface area contributed by atoms with Crippen LogP contribution < -0.4 is 16.4 Å². The number of ketones is 1. The number of amides is 1. The summed E-state index contributed by atoms with van der Waals surface area (Å²) in [6, 6.07) is -0.157. The molecular formula is C12H23N3O2. The standard InChI is InChI=1S/C12H23N3O2/c1-8(2)5-11(13)10(4)14-7-12(17)15-6-9(3)16/h8,11,14H,4-7,13H2,1-3H3,(H,15,17)/t11-/m0/s1. The van der Waals surface area contributed by atoms with Crippen molar-refractivity contribution in [2.24, 2.45) is 11.7 Å². The number of carbonyl (C=O) groups is 2. The number of hydrogen-bond acceptors (Lipinski definition) is 4. The first-order valence-corrected chi connectivity index (χ1v) is 5.77. The molecule has 0 spiro atoms. The highest BCUT2D eigenvalue weighted by molar-refractivity contribution is 5.85. The molecule has 0 rings (SSSR count). The molecule has 1 atom stereocenters. The van der Waals surface area contributed by atoms with E-state index in [1.165, 1.54) is 6.92 Å². The van der Waals surface area contributed by atoms with Gasteiger partial charge < -0.3 is 16.4 Å². The SMILES string of the molecule is C=C(NCC(=O)NCC(C)=O)[C@@H](N)CC(C)C. The lowest BCUT2D eigenvalue weighted by atomic mass is 10.0. The van der Waals surface area contributed by atoms with Crippen molar-refractivity contribution < 1.29 is 9.59 Å². The van der Waals surface area contributed by atoms with Crippen molar-refractivity contribution in [2.45, 2.75) is 33.2 Å². The molecule has 0 unspecified atom stereocenters. The second kappa shape index (κ2) is 7.84. The van der Waals surface area contributed by atoms with Crippen molar-refractivity contribution >= 4 is 11.7 Å². The average Bonchev–Trinajstić information content (AvgIpc) is 2.21. The van der Waals surface area contributed by atoms with Crippen molar-refractivity contribution in [1.29, 1.82) is 0 Å². The van der Waals surface area contributed by atoms with Crippen LogP contribution in [0.2, 0.25) is 0 Å². The number of Topliss-reactive ketones (excluding diaryl/α,β-unsaturated/α-hetero) is 1. The van der Waals surface area contributed by atoms with E-state index in [9.17, 15) is 9.59 Å². The summed E-state index contributed by atoms with van der Waals surface area (Å²) < 4.78 is 0. The lowest BCUT2D eigenvalue weighted by Gasteiger charge is -2.18. The van der Waals surface area contributed by atoms with Crippen LogP contribution in [0.15, 0.2) is 12.3 Å². The van der Waals surface area contributed by atoms with Crippen LogP contribution in [0.5, 0.6) is 0 Å². The third-order valence-corrected chi connectivity index (χ3v) is 2.18. The molecule has 0 bridgehead atoms. The first-order valence-electron chi connectivity index (χ1n) is 5.77. The number of carbonyl (C=O) groups excluding carboxylic acids is 2. The molecule has 5 heteroatoms. The zero-order chi connectivity index (χ0) is 13.4. The van der Waals surface area contributed by atoms with Gasteiger partial charge in [0.2, 0.25) is 5.91 Å². The van der Waals surface area contributed by atoms with Crippen LogP contribution in [0.1, 0.15) is 27.2 Å². The van der Waals surface area contributed by atoms with Gasteiger partial charge in [0.15, 0.2) is 0 Å². The second-order valence-electron chi connectivity index (χ2n) is 4.59. The van der Waals surface area contributed by atoms with Gasteiger partial charge in [-0.2, -0.15) is 0 Å². The molecule has 0 radical (unpaired) electrons. The maximum absolute atomic E-state index is 11.3. The average molecular weight is 241 g/mol. The molecular weight excluding hydrogens is 218 g/mol. The van der Waals surface area contributed by atoms with E-state index in [2.05, 4.69) is 31.1 Å². The summed E-state index contributed by atoms with van der Waals surface area (Å²) in [6.07, 6.45) is 0.820. The molecule has 0 aromatic rings. The fourth-order valence-electron chi connectivity index (χ4n) is 1.26. The van der Waals surface area contributed by atoms with Crippen LogP contribution in [-0.2, 0) is 9.59 Å². The van der Waals surface area contributed by atoms with Gasteiger partial charge in [-0.3, -0.25) is 9.59 Å². The number of rotatable bonds is 8. The van der Waals surface area contributed by atoms with E-state index < -0.39 is 0 Å². The molecule has 0 aliphatic rings. The Kier molecular flexibility index (Phi) is 7.21.